The molecule has 0 unspecified atom stereocenters. The molecule has 90 valence electrons. The van der Waals surface area contributed by atoms with Gasteiger partial charge in [-0.15, -0.1) is 0 Å². The van der Waals surface area contributed by atoms with Gasteiger partial charge in [0.2, 0.25) is 0 Å². The second kappa shape index (κ2) is 4.57. The number of hydrogen-bond donors (Lipinski definition) is 1. The molecule has 2 rings (SSSR count). The summed E-state index contributed by atoms with van der Waals surface area (Å²) in [5.41, 5.74) is 0.836. The van der Waals surface area contributed by atoms with Gasteiger partial charge in [-0.05, 0) is 18.4 Å². The molecule has 1 atom stereocenters. The maximum atomic E-state index is 11.3. The van der Waals surface area contributed by atoms with Gasteiger partial charge in [0.1, 0.15) is 6.04 Å². The summed E-state index contributed by atoms with van der Waals surface area (Å²) in [4.78, 5) is 11.3. The smallest absolute Gasteiger partial charge is 0.328 e. The van der Waals surface area contributed by atoms with Gasteiger partial charge < -0.3 is 5.11 Å². The summed E-state index contributed by atoms with van der Waals surface area (Å²) in [6, 6.07) is 7.07. The van der Waals surface area contributed by atoms with E-state index in [1.165, 1.54) is 0 Å². The van der Waals surface area contributed by atoms with Crippen LogP contribution in [0.15, 0.2) is 30.5 Å². The molecule has 0 amide bonds. The predicted molar refractivity (Wildman–Crippen MR) is 65.9 cm³/mol. The van der Waals surface area contributed by atoms with Crippen LogP contribution in [0.1, 0.15) is 26.3 Å². The molecule has 4 heteroatoms. The molecule has 0 saturated heterocycles. The largest absolute Gasteiger partial charge is 0.480 e. The summed E-state index contributed by atoms with van der Waals surface area (Å²) in [5.74, 6) is -0.505. The first-order valence-electron chi connectivity index (χ1n) is 5.74. The number of fused-ring (bicyclic) bond motifs is 1. The first-order chi connectivity index (χ1) is 8.08. The average Bonchev–Trinajstić information content (AvgIpc) is 2.68. The molecule has 0 spiro atoms. The lowest BCUT2D eigenvalue weighted by molar-refractivity contribution is -0.141. The minimum atomic E-state index is -0.827. The molecule has 1 aromatic carbocycles. The van der Waals surface area contributed by atoms with Crippen LogP contribution in [0.4, 0.5) is 0 Å². The highest BCUT2D eigenvalue weighted by molar-refractivity contribution is 5.79. The van der Waals surface area contributed by atoms with Gasteiger partial charge >= 0.3 is 5.97 Å². The van der Waals surface area contributed by atoms with Crippen molar-refractivity contribution in [2.24, 2.45) is 5.92 Å². The Hall–Kier alpha value is -1.84. The van der Waals surface area contributed by atoms with Crippen LogP contribution in [0.5, 0.6) is 0 Å². The summed E-state index contributed by atoms with van der Waals surface area (Å²) in [6.45, 7) is 4.03. The summed E-state index contributed by atoms with van der Waals surface area (Å²) in [7, 11) is 0. The van der Waals surface area contributed by atoms with E-state index in [9.17, 15) is 9.90 Å². The maximum Gasteiger partial charge on any atom is 0.328 e. The lowest BCUT2D eigenvalue weighted by Gasteiger charge is -2.14. The first kappa shape index (κ1) is 11.6. The Labute approximate surface area is 99.9 Å². The topological polar surface area (TPSA) is 55.1 Å². The zero-order valence-electron chi connectivity index (χ0n) is 10.00. The quantitative estimate of drug-likeness (QED) is 0.881. The van der Waals surface area contributed by atoms with Crippen molar-refractivity contribution >= 4 is 16.9 Å². The number of aromatic nitrogens is 2. The van der Waals surface area contributed by atoms with E-state index in [4.69, 9.17) is 0 Å². The number of carboxylic acids is 1. The third-order valence-corrected chi connectivity index (χ3v) is 2.73. The number of benzene rings is 1. The van der Waals surface area contributed by atoms with Crippen LogP contribution in [-0.2, 0) is 4.79 Å². The van der Waals surface area contributed by atoms with Crippen molar-refractivity contribution in [2.75, 3.05) is 0 Å². The Morgan fingerprint density at radius 1 is 1.41 bits per heavy atom. The number of nitrogens with zero attached hydrogens (tertiary/aromatic N) is 2. The monoisotopic (exact) mass is 232 g/mol. The van der Waals surface area contributed by atoms with E-state index < -0.39 is 12.0 Å². The lowest BCUT2D eigenvalue weighted by Crippen LogP contribution is -2.21. The minimum absolute atomic E-state index is 0.323. The summed E-state index contributed by atoms with van der Waals surface area (Å²) >= 11 is 0. The Kier molecular flexibility index (Phi) is 3.13. The Balaban J connectivity index is 2.38. The number of aliphatic carboxylic acids is 1. The fourth-order valence-corrected chi connectivity index (χ4v) is 1.91. The van der Waals surface area contributed by atoms with Crippen LogP contribution >= 0.6 is 0 Å². The minimum Gasteiger partial charge on any atom is -0.480 e. The van der Waals surface area contributed by atoms with E-state index in [1.807, 2.05) is 38.1 Å². The van der Waals surface area contributed by atoms with Gasteiger partial charge in [0, 0.05) is 11.6 Å². The van der Waals surface area contributed by atoms with Crippen LogP contribution < -0.4 is 0 Å². The van der Waals surface area contributed by atoms with Crippen molar-refractivity contribution in [1.82, 2.24) is 9.78 Å². The Morgan fingerprint density at radius 3 is 2.71 bits per heavy atom. The molecule has 0 aliphatic heterocycles. The van der Waals surface area contributed by atoms with Crippen molar-refractivity contribution in [3.8, 4) is 0 Å². The zero-order chi connectivity index (χ0) is 12.4. The Morgan fingerprint density at radius 2 is 2.12 bits per heavy atom. The van der Waals surface area contributed by atoms with Gasteiger partial charge in [0.15, 0.2) is 0 Å². The van der Waals surface area contributed by atoms with Crippen LogP contribution in [-0.4, -0.2) is 20.9 Å². The lowest BCUT2D eigenvalue weighted by atomic mass is 10.0. The predicted octanol–water partition coefficient (Wildman–Crippen LogP) is 2.71. The highest BCUT2D eigenvalue weighted by Crippen LogP contribution is 2.20. The van der Waals surface area contributed by atoms with E-state index in [1.54, 1.807) is 10.9 Å². The number of carboxylic acid groups (broad SMARTS) is 1. The van der Waals surface area contributed by atoms with Crippen LogP contribution in [0.3, 0.4) is 0 Å². The van der Waals surface area contributed by atoms with Gasteiger partial charge in [-0.2, -0.15) is 5.10 Å². The zero-order valence-corrected chi connectivity index (χ0v) is 10.00. The van der Waals surface area contributed by atoms with E-state index >= 15 is 0 Å². The van der Waals surface area contributed by atoms with E-state index in [2.05, 4.69) is 5.10 Å². The van der Waals surface area contributed by atoms with E-state index in [-0.39, 0.29) is 0 Å². The van der Waals surface area contributed by atoms with Crippen LogP contribution in [0.25, 0.3) is 10.9 Å². The summed E-state index contributed by atoms with van der Waals surface area (Å²) in [5, 5.41) is 14.5. The fraction of sp³-hybridized carbons (Fsp3) is 0.385. The number of carbonyl (C=O) groups is 1. The van der Waals surface area contributed by atoms with Crippen LogP contribution in [0, 0.1) is 5.92 Å². The van der Waals surface area contributed by atoms with Crippen molar-refractivity contribution in [1.29, 1.82) is 0 Å². The van der Waals surface area contributed by atoms with E-state index in [0.717, 1.165) is 10.9 Å². The normalized spacial score (nSPS) is 13.1. The molecule has 0 saturated carbocycles. The molecular formula is C13H16N2O2. The van der Waals surface area contributed by atoms with Gasteiger partial charge in [0.25, 0.3) is 0 Å². The average molecular weight is 232 g/mol. The maximum absolute atomic E-state index is 11.3. The summed E-state index contributed by atoms with van der Waals surface area (Å²) < 4.78 is 1.56. The van der Waals surface area contributed by atoms with Crippen LogP contribution in [0.2, 0.25) is 0 Å². The molecule has 0 aliphatic carbocycles. The molecule has 17 heavy (non-hydrogen) atoms. The SMILES string of the molecule is CC(C)C[C@H](C(=O)O)n1cc2ccccc2n1. The third kappa shape index (κ3) is 2.46. The molecule has 0 bridgehead atoms. The van der Waals surface area contributed by atoms with E-state index in [0.29, 0.717) is 12.3 Å². The Bertz CT molecular complexity index is 498. The van der Waals surface area contributed by atoms with Crippen molar-refractivity contribution in [2.45, 2.75) is 26.3 Å². The van der Waals surface area contributed by atoms with Gasteiger partial charge in [-0.1, -0.05) is 32.0 Å². The molecule has 1 aromatic heterocycles. The molecule has 0 radical (unpaired) electrons. The highest BCUT2D eigenvalue weighted by Gasteiger charge is 2.21. The molecule has 2 aromatic rings. The highest BCUT2D eigenvalue weighted by atomic mass is 16.4. The molecule has 1 N–H and O–H groups in total. The van der Waals surface area contributed by atoms with Gasteiger partial charge in [0.05, 0.1) is 5.52 Å². The number of rotatable bonds is 4. The fourth-order valence-electron chi connectivity index (χ4n) is 1.91. The second-order valence-corrected chi connectivity index (χ2v) is 4.65. The standard InChI is InChI=1S/C13H16N2O2/c1-9(2)7-12(13(16)17)15-8-10-5-3-4-6-11(10)14-15/h3-6,8-9,12H,7H2,1-2H3,(H,16,17)/t12-/m1/s1. The van der Waals surface area contributed by atoms with Gasteiger partial charge in [-0.3, -0.25) is 4.68 Å². The third-order valence-electron chi connectivity index (χ3n) is 2.73. The van der Waals surface area contributed by atoms with Gasteiger partial charge in [-0.25, -0.2) is 4.79 Å². The van der Waals surface area contributed by atoms with Crippen molar-refractivity contribution in [3.05, 3.63) is 30.5 Å². The van der Waals surface area contributed by atoms with Crippen molar-refractivity contribution < 1.29 is 9.90 Å². The molecule has 0 aliphatic rings. The first-order valence-corrected chi connectivity index (χ1v) is 5.74. The van der Waals surface area contributed by atoms with Crippen molar-refractivity contribution in [3.63, 3.8) is 0 Å². The molecule has 1 heterocycles. The number of hydrogen-bond acceptors (Lipinski definition) is 2. The summed E-state index contributed by atoms with van der Waals surface area (Å²) in [6.07, 6.45) is 2.39. The second-order valence-electron chi connectivity index (χ2n) is 4.65. The molecule has 0 fully saturated rings. The molecular weight excluding hydrogens is 216 g/mol. The molecule has 4 nitrogen and oxygen atoms in total.